The third kappa shape index (κ3) is 4.92. The molecular weight excluding hydrogens is 214 g/mol. The molecule has 0 aliphatic heterocycles. The lowest BCUT2D eigenvalue weighted by Gasteiger charge is -2.29. The van der Waals surface area contributed by atoms with Crippen LogP contribution in [-0.2, 0) is 10.0 Å². The van der Waals surface area contributed by atoms with Gasteiger partial charge in [0, 0.05) is 25.7 Å². The highest BCUT2D eigenvalue weighted by atomic mass is 32.2. The Bertz CT molecular complexity index is 265. The van der Waals surface area contributed by atoms with Gasteiger partial charge in [-0.15, -0.1) is 0 Å². The molecule has 92 valence electrons. The van der Waals surface area contributed by atoms with Crippen molar-refractivity contribution in [3.8, 4) is 0 Å². The summed E-state index contributed by atoms with van der Waals surface area (Å²) in [7, 11) is 0.675. The molecule has 0 saturated heterocycles. The molecule has 2 N–H and O–H groups in total. The van der Waals surface area contributed by atoms with Gasteiger partial charge in [-0.25, -0.2) is 8.42 Å². The van der Waals surface area contributed by atoms with E-state index in [0.717, 1.165) is 6.54 Å². The molecule has 0 aromatic rings. The molecule has 0 aromatic carbocycles. The second-order valence-electron chi connectivity index (χ2n) is 3.92. The lowest BCUT2D eigenvalue weighted by atomic mass is 10.3. The SMILES string of the molecule is CCN(C(C)CN(C)C)S(=O)(=O)CCN. The normalized spacial score (nSPS) is 14.9. The highest BCUT2D eigenvalue weighted by Crippen LogP contribution is 2.07. The third-order valence-electron chi connectivity index (χ3n) is 2.17. The number of nitrogens with zero attached hydrogens (tertiary/aromatic N) is 2. The first kappa shape index (κ1) is 14.8. The highest BCUT2D eigenvalue weighted by Gasteiger charge is 2.24. The van der Waals surface area contributed by atoms with Crippen molar-refractivity contribution in [2.75, 3.05) is 39.5 Å². The van der Waals surface area contributed by atoms with E-state index in [1.54, 1.807) is 0 Å². The number of rotatable bonds is 7. The Hall–Kier alpha value is -0.170. The van der Waals surface area contributed by atoms with Crippen LogP contribution in [-0.4, -0.2) is 63.1 Å². The average molecular weight is 237 g/mol. The largest absolute Gasteiger partial charge is 0.329 e. The van der Waals surface area contributed by atoms with Crippen LogP contribution in [0.25, 0.3) is 0 Å². The summed E-state index contributed by atoms with van der Waals surface area (Å²) in [6.45, 7) is 5.15. The van der Waals surface area contributed by atoms with E-state index in [1.165, 1.54) is 4.31 Å². The third-order valence-corrected chi connectivity index (χ3v) is 4.25. The Morgan fingerprint density at radius 1 is 1.33 bits per heavy atom. The van der Waals surface area contributed by atoms with Crippen LogP contribution in [0.15, 0.2) is 0 Å². The zero-order valence-corrected chi connectivity index (χ0v) is 10.9. The zero-order valence-electron chi connectivity index (χ0n) is 10.1. The fourth-order valence-corrected chi connectivity index (χ4v) is 3.21. The van der Waals surface area contributed by atoms with Gasteiger partial charge in [-0.3, -0.25) is 0 Å². The maximum Gasteiger partial charge on any atom is 0.215 e. The Morgan fingerprint density at radius 2 is 1.87 bits per heavy atom. The standard InChI is InChI=1S/C9H23N3O2S/c1-5-12(9(2)8-11(3)4)15(13,14)7-6-10/h9H,5-8,10H2,1-4H3. The maximum absolute atomic E-state index is 11.8. The fraction of sp³-hybridized carbons (Fsp3) is 1.00. The van der Waals surface area contributed by atoms with E-state index in [2.05, 4.69) is 0 Å². The minimum atomic E-state index is -3.19. The van der Waals surface area contributed by atoms with Crippen molar-refractivity contribution in [2.45, 2.75) is 19.9 Å². The lowest BCUT2D eigenvalue weighted by Crippen LogP contribution is -2.45. The molecule has 0 aliphatic carbocycles. The van der Waals surface area contributed by atoms with Crippen LogP contribution in [0.4, 0.5) is 0 Å². The molecule has 1 unspecified atom stereocenters. The van der Waals surface area contributed by atoms with Gasteiger partial charge in [-0.05, 0) is 21.0 Å². The molecule has 0 heterocycles. The minimum Gasteiger partial charge on any atom is -0.329 e. The zero-order chi connectivity index (χ0) is 12.1. The molecule has 0 amide bonds. The van der Waals surface area contributed by atoms with Crippen LogP contribution in [0.5, 0.6) is 0 Å². The molecule has 0 spiro atoms. The van der Waals surface area contributed by atoms with Crippen LogP contribution in [0.2, 0.25) is 0 Å². The van der Waals surface area contributed by atoms with Crippen molar-refractivity contribution < 1.29 is 8.42 Å². The Balaban J connectivity index is 4.60. The van der Waals surface area contributed by atoms with Gasteiger partial charge in [0.05, 0.1) is 5.75 Å². The van der Waals surface area contributed by atoms with Crippen LogP contribution >= 0.6 is 0 Å². The topological polar surface area (TPSA) is 66.6 Å². The average Bonchev–Trinajstić information content (AvgIpc) is 2.02. The summed E-state index contributed by atoms with van der Waals surface area (Å²) in [6.07, 6.45) is 0. The second-order valence-corrected chi connectivity index (χ2v) is 5.96. The molecule has 5 nitrogen and oxygen atoms in total. The van der Waals surface area contributed by atoms with Gasteiger partial charge in [0.15, 0.2) is 0 Å². The van der Waals surface area contributed by atoms with E-state index < -0.39 is 10.0 Å². The van der Waals surface area contributed by atoms with Gasteiger partial charge in [0.25, 0.3) is 0 Å². The second kappa shape index (κ2) is 6.42. The summed E-state index contributed by atoms with van der Waals surface area (Å²) in [6, 6.07) is -0.0125. The molecule has 0 rings (SSSR count). The summed E-state index contributed by atoms with van der Waals surface area (Å²) < 4.78 is 25.1. The molecule has 0 saturated carbocycles. The first-order valence-electron chi connectivity index (χ1n) is 5.19. The molecule has 6 heteroatoms. The molecule has 0 fully saturated rings. The van der Waals surface area contributed by atoms with Gasteiger partial charge in [0.1, 0.15) is 0 Å². The number of likely N-dealkylation sites (N-methyl/N-ethyl adjacent to an activating group) is 2. The quantitative estimate of drug-likeness (QED) is 0.651. The van der Waals surface area contributed by atoms with Crippen molar-refractivity contribution in [2.24, 2.45) is 5.73 Å². The van der Waals surface area contributed by atoms with Gasteiger partial charge >= 0.3 is 0 Å². The molecular formula is C9H23N3O2S. The molecule has 0 aliphatic rings. The van der Waals surface area contributed by atoms with Gasteiger partial charge in [-0.1, -0.05) is 6.92 Å². The summed E-state index contributed by atoms with van der Waals surface area (Å²) in [5, 5.41) is 0. The van der Waals surface area contributed by atoms with Gasteiger partial charge in [-0.2, -0.15) is 4.31 Å². The van der Waals surface area contributed by atoms with E-state index in [-0.39, 0.29) is 18.3 Å². The van der Waals surface area contributed by atoms with Crippen molar-refractivity contribution >= 4 is 10.0 Å². The van der Waals surface area contributed by atoms with E-state index in [4.69, 9.17) is 5.73 Å². The first-order chi connectivity index (χ1) is 6.85. The minimum absolute atomic E-state index is 0.0125. The fourth-order valence-electron chi connectivity index (χ4n) is 1.67. The molecule has 0 bridgehead atoms. The van der Waals surface area contributed by atoms with Gasteiger partial charge < -0.3 is 10.6 Å². The highest BCUT2D eigenvalue weighted by molar-refractivity contribution is 7.89. The van der Waals surface area contributed by atoms with E-state index in [9.17, 15) is 8.42 Å². The summed E-state index contributed by atoms with van der Waals surface area (Å²) in [5.41, 5.74) is 5.29. The van der Waals surface area contributed by atoms with Crippen LogP contribution in [0.3, 0.4) is 0 Å². The van der Waals surface area contributed by atoms with Crippen molar-refractivity contribution in [3.63, 3.8) is 0 Å². The van der Waals surface area contributed by atoms with Crippen LogP contribution < -0.4 is 5.73 Å². The number of sulfonamides is 1. The van der Waals surface area contributed by atoms with Crippen LogP contribution in [0.1, 0.15) is 13.8 Å². The summed E-state index contributed by atoms with van der Waals surface area (Å²) in [5.74, 6) is 0.0264. The Labute approximate surface area is 93.3 Å². The molecule has 15 heavy (non-hydrogen) atoms. The molecule has 0 aromatic heterocycles. The monoisotopic (exact) mass is 237 g/mol. The summed E-state index contributed by atoms with van der Waals surface area (Å²) in [4.78, 5) is 1.98. The number of hydrogen-bond donors (Lipinski definition) is 1. The van der Waals surface area contributed by atoms with Gasteiger partial charge in [0.2, 0.25) is 10.0 Å². The maximum atomic E-state index is 11.8. The smallest absolute Gasteiger partial charge is 0.215 e. The Morgan fingerprint density at radius 3 is 2.20 bits per heavy atom. The van der Waals surface area contributed by atoms with Crippen molar-refractivity contribution in [1.82, 2.24) is 9.21 Å². The van der Waals surface area contributed by atoms with Crippen LogP contribution in [0, 0.1) is 0 Å². The number of hydrogen-bond acceptors (Lipinski definition) is 4. The van der Waals surface area contributed by atoms with Crippen molar-refractivity contribution in [1.29, 1.82) is 0 Å². The predicted octanol–water partition coefficient (Wildman–Crippen LogP) is -0.453. The predicted molar refractivity (Wildman–Crippen MR) is 63.2 cm³/mol. The van der Waals surface area contributed by atoms with E-state index in [0.29, 0.717) is 6.54 Å². The first-order valence-corrected chi connectivity index (χ1v) is 6.80. The molecule has 0 radical (unpaired) electrons. The lowest BCUT2D eigenvalue weighted by molar-refractivity contribution is 0.271. The number of nitrogens with two attached hydrogens (primary N) is 1. The van der Waals surface area contributed by atoms with Crippen molar-refractivity contribution in [3.05, 3.63) is 0 Å². The summed E-state index contributed by atoms with van der Waals surface area (Å²) >= 11 is 0. The molecule has 1 atom stereocenters. The van der Waals surface area contributed by atoms with E-state index in [1.807, 2.05) is 32.8 Å². The van der Waals surface area contributed by atoms with E-state index >= 15 is 0 Å². The Kier molecular flexibility index (Phi) is 6.35.